The van der Waals surface area contributed by atoms with Gasteiger partial charge in [-0.3, -0.25) is 4.79 Å². The third-order valence-corrected chi connectivity index (χ3v) is 4.06. The molecule has 2 unspecified atom stereocenters. The number of nitrogens with one attached hydrogen (secondary N) is 1. The van der Waals surface area contributed by atoms with Gasteiger partial charge < -0.3 is 34.1 Å². The molecule has 0 saturated carbocycles. The van der Waals surface area contributed by atoms with E-state index in [1.165, 1.54) is 33.5 Å². The molecule has 0 spiro atoms. The van der Waals surface area contributed by atoms with E-state index in [0.717, 1.165) is 0 Å². The Kier molecular flexibility index (Phi) is 7.68. The first-order valence-electron chi connectivity index (χ1n) is 8.55. The van der Waals surface area contributed by atoms with E-state index in [9.17, 15) is 14.7 Å². The van der Waals surface area contributed by atoms with Crippen molar-refractivity contribution in [2.75, 3.05) is 41.1 Å². The number of ether oxygens (including phenoxy) is 5. The van der Waals surface area contributed by atoms with Crippen LogP contribution in [0, 0.1) is 0 Å². The van der Waals surface area contributed by atoms with Crippen LogP contribution in [0.1, 0.15) is 23.2 Å². The first-order chi connectivity index (χ1) is 13.0. The number of carbonyl (C=O) groups is 2. The molecule has 1 saturated heterocycles. The van der Waals surface area contributed by atoms with E-state index >= 15 is 0 Å². The number of aliphatic hydroxyl groups is 1. The van der Waals surface area contributed by atoms with E-state index in [-0.39, 0.29) is 18.8 Å². The SMILES string of the molecule is COc1cc(C(=O)OCCCOC(=O)C2CC(O)CN2)cc(OC)c1OC. The number of carbonyl (C=O) groups excluding carboxylic acids is 2. The van der Waals surface area contributed by atoms with Crippen LogP contribution < -0.4 is 19.5 Å². The molecule has 1 aromatic rings. The van der Waals surface area contributed by atoms with Crippen molar-refractivity contribution < 1.29 is 38.4 Å². The van der Waals surface area contributed by atoms with Crippen molar-refractivity contribution >= 4 is 11.9 Å². The average Bonchev–Trinajstić information content (AvgIpc) is 3.12. The van der Waals surface area contributed by atoms with Crippen molar-refractivity contribution in [3.8, 4) is 17.2 Å². The van der Waals surface area contributed by atoms with Gasteiger partial charge in [-0.2, -0.15) is 0 Å². The Morgan fingerprint density at radius 3 is 2.22 bits per heavy atom. The zero-order valence-corrected chi connectivity index (χ0v) is 15.6. The number of methoxy groups -OCH3 is 3. The molecule has 1 aromatic carbocycles. The fraction of sp³-hybridized carbons (Fsp3) is 0.556. The van der Waals surface area contributed by atoms with Gasteiger partial charge in [0.2, 0.25) is 5.75 Å². The molecule has 9 heteroatoms. The van der Waals surface area contributed by atoms with Gasteiger partial charge in [0.05, 0.1) is 46.2 Å². The lowest BCUT2D eigenvalue weighted by Crippen LogP contribution is -2.32. The van der Waals surface area contributed by atoms with Crippen LogP contribution in [0.5, 0.6) is 17.2 Å². The van der Waals surface area contributed by atoms with Gasteiger partial charge in [0.1, 0.15) is 6.04 Å². The minimum absolute atomic E-state index is 0.0868. The first-order valence-corrected chi connectivity index (χ1v) is 8.55. The predicted molar refractivity (Wildman–Crippen MR) is 94.4 cm³/mol. The number of benzene rings is 1. The minimum atomic E-state index is -0.554. The third kappa shape index (κ3) is 5.48. The van der Waals surface area contributed by atoms with E-state index in [2.05, 4.69) is 5.32 Å². The van der Waals surface area contributed by atoms with Crippen LogP contribution in [0.3, 0.4) is 0 Å². The summed E-state index contributed by atoms with van der Waals surface area (Å²) in [5.74, 6) is 0.116. The largest absolute Gasteiger partial charge is 0.493 e. The van der Waals surface area contributed by atoms with E-state index in [1.54, 1.807) is 0 Å². The van der Waals surface area contributed by atoms with Gasteiger partial charge in [0, 0.05) is 19.4 Å². The van der Waals surface area contributed by atoms with E-state index in [4.69, 9.17) is 23.7 Å². The zero-order valence-electron chi connectivity index (χ0n) is 15.6. The number of hydrogen-bond acceptors (Lipinski definition) is 9. The average molecular weight is 383 g/mol. The van der Waals surface area contributed by atoms with Crippen LogP contribution in [0.4, 0.5) is 0 Å². The van der Waals surface area contributed by atoms with Crippen molar-refractivity contribution in [2.45, 2.75) is 25.0 Å². The molecule has 27 heavy (non-hydrogen) atoms. The van der Waals surface area contributed by atoms with Crippen LogP contribution in [-0.2, 0) is 14.3 Å². The van der Waals surface area contributed by atoms with Gasteiger partial charge in [-0.05, 0) is 12.1 Å². The van der Waals surface area contributed by atoms with Crippen LogP contribution in [0.2, 0.25) is 0 Å². The maximum absolute atomic E-state index is 12.2. The third-order valence-electron chi connectivity index (χ3n) is 4.06. The summed E-state index contributed by atoms with van der Waals surface area (Å²) in [5, 5.41) is 12.3. The summed E-state index contributed by atoms with van der Waals surface area (Å²) in [4.78, 5) is 24.0. The molecule has 150 valence electrons. The molecule has 0 bridgehead atoms. The van der Waals surface area contributed by atoms with Crippen LogP contribution in [0.25, 0.3) is 0 Å². The Morgan fingerprint density at radius 1 is 1.07 bits per heavy atom. The Hall–Kier alpha value is -2.52. The number of aliphatic hydroxyl groups excluding tert-OH is 1. The Bertz CT molecular complexity index is 638. The number of hydrogen-bond donors (Lipinski definition) is 2. The molecule has 2 N–H and O–H groups in total. The molecule has 1 aliphatic heterocycles. The molecular formula is C18H25NO8. The summed E-state index contributed by atoms with van der Waals surface area (Å²) in [6.07, 6.45) is 0.175. The van der Waals surface area contributed by atoms with Crippen LogP contribution in [-0.4, -0.2) is 70.3 Å². The number of rotatable bonds is 9. The minimum Gasteiger partial charge on any atom is -0.493 e. The summed E-state index contributed by atoms with van der Waals surface area (Å²) in [6.45, 7) is 0.589. The highest BCUT2D eigenvalue weighted by Gasteiger charge is 2.29. The lowest BCUT2D eigenvalue weighted by Gasteiger charge is -2.14. The highest BCUT2D eigenvalue weighted by molar-refractivity contribution is 5.91. The molecule has 1 heterocycles. The molecule has 9 nitrogen and oxygen atoms in total. The molecule has 0 amide bonds. The maximum atomic E-state index is 12.2. The van der Waals surface area contributed by atoms with Crippen molar-refractivity contribution in [1.82, 2.24) is 5.32 Å². The lowest BCUT2D eigenvalue weighted by molar-refractivity contribution is -0.146. The fourth-order valence-electron chi connectivity index (χ4n) is 2.68. The van der Waals surface area contributed by atoms with Crippen molar-refractivity contribution in [3.63, 3.8) is 0 Å². The maximum Gasteiger partial charge on any atom is 0.338 e. The normalized spacial score (nSPS) is 18.7. The van der Waals surface area contributed by atoms with E-state index < -0.39 is 24.1 Å². The van der Waals surface area contributed by atoms with Gasteiger partial charge in [-0.1, -0.05) is 0 Å². The number of esters is 2. The Labute approximate surface area is 157 Å². The van der Waals surface area contributed by atoms with Crippen molar-refractivity contribution in [1.29, 1.82) is 0 Å². The Morgan fingerprint density at radius 2 is 1.70 bits per heavy atom. The first kappa shape index (κ1) is 20.8. The molecule has 0 aliphatic carbocycles. The summed E-state index contributed by atoms with van der Waals surface area (Å²) in [6, 6.07) is 2.52. The monoisotopic (exact) mass is 383 g/mol. The highest BCUT2D eigenvalue weighted by atomic mass is 16.5. The summed E-state index contributed by atoms with van der Waals surface area (Å²) in [5.41, 5.74) is 0.255. The van der Waals surface area contributed by atoms with Crippen molar-refractivity contribution in [3.05, 3.63) is 17.7 Å². The van der Waals surface area contributed by atoms with Crippen LogP contribution >= 0.6 is 0 Å². The predicted octanol–water partition coefficient (Wildman–Crippen LogP) is 0.525. The smallest absolute Gasteiger partial charge is 0.338 e. The molecule has 0 radical (unpaired) electrons. The zero-order chi connectivity index (χ0) is 19.8. The molecule has 1 aliphatic rings. The lowest BCUT2D eigenvalue weighted by atomic mass is 10.2. The highest BCUT2D eigenvalue weighted by Crippen LogP contribution is 2.38. The standard InChI is InChI=1S/C18H25NO8/c1-23-14-7-11(8-15(24-2)16(14)25-3)17(21)26-5-4-6-27-18(22)13-9-12(20)10-19-13/h7-8,12-13,19-20H,4-6,9-10H2,1-3H3. The Balaban J connectivity index is 1.79. The summed E-state index contributed by atoms with van der Waals surface area (Å²) in [7, 11) is 4.39. The van der Waals surface area contributed by atoms with Gasteiger partial charge >= 0.3 is 11.9 Å². The van der Waals surface area contributed by atoms with Gasteiger partial charge in [0.15, 0.2) is 11.5 Å². The topological polar surface area (TPSA) is 113 Å². The van der Waals surface area contributed by atoms with Crippen LogP contribution in [0.15, 0.2) is 12.1 Å². The molecule has 2 atom stereocenters. The summed E-state index contributed by atoms with van der Waals surface area (Å²) < 4.78 is 25.9. The number of β-amino-alcohol motifs (C(OH)–C–C–N with tert-alkyl or cyclic N) is 1. The fourth-order valence-corrected chi connectivity index (χ4v) is 2.68. The quantitative estimate of drug-likeness (QED) is 0.465. The summed E-state index contributed by atoms with van der Waals surface area (Å²) >= 11 is 0. The molecular weight excluding hydrogens is 358 g/mol. The van der Waals surface area contributed by atoms with Gasteiger partial charge in [0.25, 0.3) is 0 Å². The van der Waals surface area contributed by atoms with Crippen molar-refractivity contribution in [2.24, 2.45) is 0 Å². The molecule has 1 fully saturated rings. The second kappa shape index (κ2) is 9.98. The van der Waals surface area contributed by atoms with Gasteiger partial charge in [-0.25, -0.2) is 4.79 Å². The second-order valence-electron chi connectivity index (χ2n) is 5.92. The molecule has 0 aromatic heterocycles. The molecule has 2 rings (SSSR count). The van der Waals surface area contributed by atoms with E-state index in [0.29, 0.717) is 36.6 Å². The van der Waals surface area contributed by atoms with E-state index in [1.807, 2.05) is 0 Å². The second-order valence-corrected chi connectivity index (χ2v) is 5.92. The van der Waals surface area contributed by atoms with Gasteiger partial charge in [-0.15, -0.1) is 0 Å².